The molecule has 3 aromatic rings. The van der Waals surface area contributed by atoms with E-state index in [4.69, 9.17) is 14.2 Å². The second-order valence-electron chi connectivity index (χ2n) is 11.2. The Balaban J connectivity index is 1.47. The van der Waals surface area contributed by atoms with Gasteiger partial charge in [-0.1, -0.05) is 24.3 Å². The first-order chi connectivity index (χ1) is 20.5. The molecule has 2 heterocycles. The van der Waals surface area contributed by atoms with Crippen molar-refractivity contribution >= 4 is 29.5 Å². The average Bonchev–Trinajstić information content (AvgIpc) is 2.97. The number of anilines is 2. The summed E-state index contributed by atoms with van der Waals surface area (Å²) in [5.41, 5.74) is 3.16. The second-order valence-corrected chi connectivity index (χ2v) is 11.2. The summed E-state index contributed by atoms with van der Waals surface area (Å²) in [6.07, 6.45) is -0.272. The molecule has 1 amide bonds. The highest BCUT2D eigenvalue weighted by Crippen LogP contribution is 2.27. The molecule has 1 aliphatic heterocycles. The largest absolute Gasteiger partial charge is 0.465 e. The Labute approximate surface area is 252 Å². The lowest BCUT2D eigenvalue weighted by atomic mass is 10.1. The number of nitrogens with zero attached hydrogens (tertiary/aromatic N) is 4. The number of methoxy groups -OCH3 is 1. The Morgan fingerprint density at radius 3 is 2.14 bits per heavy atom. The lowest BCUT2D eigenvalue weighted by Gasteiger charge is -2.35. The fraction of sp³-hybridized carbons (Fsp3) is 0.406. The van der Waals surface area contributed by atoms with Gasteiger partial charge in [0, 0.05) is 44.0 Å². The molecule has 1 N–H and O–H groups in total. The predicted molar refractivity (Wildman–Crippen MR) is 162 cm³/mol. The number of hydrogen-bond donors (Lipinski definition) is 1. The fourth-order valence-corrected chi connectivity index (χ4v) is 4.62. The average molecular weight is 590 g/mol. The molecule has 1 aliphatic rings. The molecule has 11 heteroatoms. The summed E-state index contributed by atoms with van der Waals surface area (Å²) in [4.78, 5) is 50.3. The summed E-state index contributed by atoms with van der Waals surface area (Å²) in [6, 6.07) is 14.7. The van der Waals surface area contributed by atoms with E-state index >= 15 is 0 Å². The van der Waals surface area contributed by atoms with Gasteiger partial charge in [-0.05, 0) is 64.4 Å². The van der Waals surface area contributed by atoms with Crippen LogP contribution in [0.2, 0.25) is 0 Å². The molecule has 0 spiro atoms. The lowest BCUT2D eigenvalue weighted by Crippen LogP contribution is -2.49. The highest BCUT2D eigenvalue weighted by atomic mass is 16.6. The van der Waals surface area contributed by atoms with E-state index in [-0.39, 0.29) is 18.3 Å². The van der Waals surface area contributed by atoms with Crippen molar-refractivity contribution in [2.24, 2.45) is 0 Å². The number of piperazine rings is 1. The highest BCUT2D eigenvalue weighted by Gasteiger charge is 2.26. The zero-order valence-corrected chi connectivity index (χ0v) is 25.6. The summed E-state index contributed by atoms with van der Waals surface area (Å²) < 4.78 is 15.6. The maximum absolute atomic E-state index is 12.9. The number of aromatic nitrogens is 2. The van der Waals surface area contributed by atoms with Crippen LogP contribution in [-0.4, -0.2) is 83.3 Å². The van der Waals surface area contributed by atoms with Crippen LogP contribution in [0, 0.1) is 6.92 Å². The number of ether oxygens (including phenoxy) is 3. The van der Waals surface area contributed by atoms with Crippen molar-refractivity contribution in [2.75, 3.05) is 45.2 Å². The molecule has 0 aliphatic carbocycles. The van der Waals surface area contributed by atoms with Crippen molar-refractivity contribution in [3.05, 3.63) is 70.9 Å². The van der Waals surface area contributed by atoms with Crippen LogP contribution in [0.4, 0.5) is 16.3 Å². The zero-order valence-electron chi connectivity index (χ0n) is 25.6. The minimum atomic E-state index is -0.516. The molecule has 1 aromatic heterocycles. The molecule has 0 unspecified atom stereocenters. The van der Waals surface area contributed by atoms with Crippen LogP contribution >= 0.6 is 0 Å². The van der Waals surface area contributed by atoms with Gasteiger partial charge in [0.25, 0.3) is 0 Å². The normalized spacial score (nSPS) is 13.8. The monoisotopic (exact) mass is 589 g/mol. The van der Waals surface area contributed by atoms with Gasteiger partial charge in [0.1, 0.15) is 17.0 Å². The third-order valence-corrected chi connectivity index (χ3v) is 6.78. The van der Waals surface area contributed by atoms with Gasteiger partial charge in [-0.25, -0.2) is 24.4 Å². The smallest absolute Gasteiger partial charge is 0.410 e. The number of aryl methyl sites for hydroxylation is 1. The number of carbonyl (C=O) groups excluding carboxylic acids is 3. The summed E-state index contributed by atoms with van der Waals surface area (Å²) in [6.45, 7) is 12.8. The Morgan fingerprint density at radius 2 is 1.56 bits per heavy atom. The van der Waals surface area contributed by atoms with Gasteiger partial charge in [0.15, 0.2) is 5.82 Å². The van der Waals surface area contributed by atoms with Crippen LogP contribution in [0.5, 0.6) is 0 Å². The molecule has 1 fully saturated rings. The van der Waals surface area contributed by atoms with Gasteiger partial charge in [-0.15, -0.1) is 0 Å². The Morgan fingerprint density at radius 1 is 0.907 bits per heavy atom. The van der Waals surface area contributed by atoms with Crippen molar-refractivity contribution < 1.29 is 28.6 Å². The van der Waals surface area contributed by atoms with Crippen LogP contribution in [0.15, 0.2) is 48.5 Å². The van der Waals surface area contributed by atoms with Gasteiger partial charge >= 0.3 is 18.0 Å². The van der Waals surface area contributed by atoms with Gasteiger partial charge in [-0.2, -0.15) is 0 Å². The van der Waals surface area contributed by atoms with Crippen LogP contribution in [-0.2, 0) is 20.8 Å². The first-order valence-electron chi connectivity index (χ1n) is 14.3. The number of benzene rings is 2. The Bertz CT molecular complexity index is 1440. The van der Waals surface area contributed by atoms with E-state index in [1.54, 1.807) is 43.0 Å². The number of carbonyl (C=O) groups is 3. The molecular formula is C32H39N5O6. The minimum Gasteiger partial charge on any atom is -0.465 e. The first kappa shape index (κ1) is 31.4. The third-order valence-electron chi connectivity index (χ3n) is 6.78. The van der Waals surface area contributed by atoms with Crippen LogP contribution in [0.25, 0.3) is 11.4 Å². The maximum Gasteiger partial charge on any atom is 0.410 e. The molecule has 0 atom stereocenters. The molecule has 228 valence electrons. The molecule has 0 saturated carbocycles. The molecule has 43 heavy (non-hydrogen) atoms. The topological polar surface area (TPSA) is 123 Å². The van der Waals surface area contributed by atoms with Crippen molar-refractivity contribution in [3.63, 3.8) is 0 Å². The van der Waals surface area contributed by atoms with Gasteiger partial charge < -0.3 is 24.4 Å². The van der Waals surface area contributed by atoms with E-state index in [2.05, 4.69) is 20.2 Å². The second kappa shape index (κ2) is 13.6. The van der Waals surface area contributed by atoms with Crippen molar-refractivity contribution in [2.45, 2.75) is 46.8 Å². The number of rotatable bonds is 8. The van der Waals surface area contributed by atoms with Crippen molar-refractivity contribution in [1.82, 2.24) is 19.8 Å². The van der Waals surface area contributed by atoms with Crippen molar-refractivity contribution in [3.8, 4) is 11.4 Å². The third kappa shape index (κ3) is 8.29. The standard InChI is InChI=1S/C32H39N5O6/c1-7-42-30(39)26-21(2)33-27(23-10-12-24(13-11-23)29(38)41-6)35-28(26)34-25-14-8-22(9-15-25)20-36-16-18-37(19-17-36)31(40)43-32(3,4)5/h8-15H,7,16-20H2,1-6H3,(H,33,34,35). The van der Waals surface area contributed by atoms with E-state index in [0.717, 1.165) is 30.9 Å². The number of esters is 2. The Hall–Kier alpha value is -4.51. The van der Waals surface area contributed by atoms with Crippen LogP contribution in [0.3, 0.4) is 0 Å². The molecule has 11 nitrogen and oxygen atoms in total. The quantitative estimate of drug-likeness (QED) is 0.277. The van der Waals surface area contributed by atoms with E-state index < -0.39 is 17.5 Å². The van der Waals surface area contributed by atoms with Crippen LogP contribution < -0.4 is 5.32 Å². The molecule has 0 radical (unpaired) electrons. The summed E-state index contributed by atoms with van der Waals surface area (Å²) in [7, 11) is 1.33. The number of amides is 1. The SMILES string of the molecule is CCOC(=O)c1c(C)nc(-c2ccc(C(=O)OC)cc2)nc1Nc1ccc(CN2CCN(C(=O)OC(C)(C)C)CC2)cc1. The van der Waals surface area contributed by atoms with E-state index in [0.29, 0.717) is 41.6 Å². The molecular weight excluding hydrogens is 550 g/mol. The highest BCUT2D eigenvalue weighted by molar-refractivity contribution is 5.97. The van der Waals surface area contributed by atoms with Gasteiger partial charge in [0.05, 0.1) is 25.0 Å². The molecule has 1 saturated heterocycles. The molecule has 2 aromatic carbocycles. The molecule has 0 bridgehead atoms. The van der Waals surface area contributed by atoms with Gasteiger partial charge in [0.2, 0.25) is 0 Å². The maximum atomic E-state index is 12.9. The zero-order chi connectivity index (χ0) is 31.1. The lowest BCUT2D eigenvalue weighted by molar-refractivity contribution is 0.0138. The fourth-order valence-electron chi connectivity index (χ4n) is 4.62. The first-order valence-corrected chi connectivity index (χ1v) is 14.3. The minimum absolute atomic E-state index is 0.217. The van der Waals surface area contributed by atoms with Crippen LogP contribution in [0.1, 0.15) is 59.7 Å². The number of hydrogen-bond acceptors (Lipinski definition) is 10. The number of nitrogens with one attached hydrogen (secondary N) is 1. The Kier molecular flexibility index (Phi) is 9.97. The van der Waals surface area contributed by atoms with E-state index in [1.165, 1.54) is 7.11 Å². The van der Waals surface area contributed by atoms with E-state index in [9.17, 15) is 14.4 Å². The summed E-state index contributed by atoms with van der Waals surface area (Å²) in [5, 5.41) is 3.27. The summed E-state index contributed by atoms with van der Waals surface area (Å²) in [5.74, 6) is -0.233. The van der Waals surface area contributed by atoms with Gasteiger partial charge in [-0.3, -0.25) is 4.90 Å². The predicted octanol–water partition coefficient (Wildman–Crippen LogP) is 5.21. The van der Waals surface area contributed by atoms with E-state index in [1.807, 2.05) is 45.0 Å². The van der Waals surface area contributed by atoms with Crippen molar-refractivity contribution in [1.29, 1.82) is 0 Å². The summed E-state index contributed by atoms with van der Waals surface area (Å²) >= 11 is 0. The molecule has 4 rings (SSSR count).